The number of hydrogen-bond donors (Lipinski definition) is 0. The van der Waals surface area contributed by atoms with Gasteiger partial charge in [0.2, 0.25) is 0 Å². The van der Waals surface area contributed by atoms with Crippen molar-refractivity contribution in [2.75, 3.05) is 0 Å². The van der Waals surface area contributed by atoms with E-state index in [0.717, 1.165) is 7.56 Å². The standard InChI is InChI=1S/FH2P3/c1-3-4-2/h2H2. The molecule has 0 amide bonds. The van der Waals surface area contributed by atoms with E-state index in [-0.39, 0.29) is 8.18 Å². The molecule has 0 aromatic heterocycles. The van der Waals surface area contributed by atoms with Crippen molar-refractivity contribution in [1.29, 1.82) is 0 Å². The van der Waals surface area contributed by atoms with Gasteiger partial charge in [-0.1, -0.05) is 8.93 Å². The minimum absolute atomic E-state index is 0.0664. The van der Waals surface area contributed by atoms with E-state index in [1.807, 2.05) is 0 Å². The highest BCUT2D eigenvalue weighted by Gasteiger charge is 1.42. The van der Waals surface area contributed by atoms with Gasteiger partial charge in [-0.3, -0.25) is 0 Å². The van der Waals surface area contributed by atoms with Crippen LogP contribution in [0.1, 0.15) is 0 Å². The topological polar surface area (TPSA) is 0 Å². The van der Waals surface area contributed by atoms with Crippen LogP contribution in [0.2, 0.25) is 0 Å². The lowest BCUT2D eigenvalue weighted by molar-refractivity contribution is 0.938. The average molecular weight is 114 g/mol. The molecule has 0 saturated carbocycles. The molecule has 4 heteroatoms. The third-order valence-electron chi connectivity index (χ3n) is 0.0436. The molecular formula is H2FP3. The fourth-order valence-electron chi connectivity index (χ4n) is 0. The molecule has 1 atom stereocenters. The quantitative estimate of drug-likeness (QED) is 0.424. The van der Waals surface area contributed by atoms with Crippen LogP contribution in [0.15, 0.2) is 0 Å². The highest BCUT2D eigenvalue weighted by Crippen LogP contribution is 2.22. The van der Waals surface area contributed by atoms with Crippen molar-refractivity contribution in [2.24, 2.45) is 0 Å². The zero-order valence-electron chi connectivity index (χ0n) is 1.85. The minimum Gasteiger partial charge on any atom is -0.179 e. The predicted molar refractivity (Wildman–Crippen MR) is 24.7 cm³/mol. The Bertz CT molecular complexity index is 18.5. The Morgan fingerprint density at radius 2 is 2.00 bits per heavy atom. The van der Waals surface area contributed by atoms with Crippen LogP contribution < -0.4 is 0 Å². The molecule has 24 valence electrons. The fraction of sp³-hybridized carbons (Fsp3) is 0. The molecule has 0 saturated heterocycles. The predicted octanol–water partition coefficient (Wildman–Crippen LogP) is 2.47. The van der Waals surface area contributed by atoms with E-state index in [9.17, 15) is 4.20 Å². The first-order valence-electron chi connectivity index (χ1n) is 0.627. The molecule has 0 aliphatic rings. The van der Waals surface area contributed by atoms with Crippen LogP contribution in [0.3, 0.4) is 0 Å². The van der Waals surface area contributed by atoms with Crippen molar-refractivity contribution in [3.8, 4) is 0 Å². The molecular weight excluding hydrogens is 112 g/mol. The first-order chi connectivity index (χ1) is 1.91. The Kier molecular flexibility index (Phi) is 4.91. The molecule has 0 rings (SSSR count). The van der Waals surface area contributed by atoms with Gasteiger partial charge in [0.1, 0.15) is 8.18 Å². The zero-order chi connectivity index (χ0) is 3.41. The largest absolute Gasteiger partial charge is 0.179 e. The molecule has 0 aliphatic carbocycles. The van der Waals surface area contributed by atoms with E-state index in [1.54, 1.807) is 0 Å². The van der Waals surface area contributed by atoms with Crippen LogP contribution in [0, 0.1) is 0 Å². The Balaban J connectivity index is 2.55. The lowest BCUT2D eigenvalue weighted by atomic mass is 18.9. The lowest BCUT2D eigenvalue weighted by Crippen LogP contribution is -0.654. The first kappa shape index (κ1) is 4.96. The Hall–Kier alpha value is 0.960. The van der Waals surface area contributed by atoms with Gasteiger partial charge in [0, 0.05) is 0 Å². The van der Waals surface area contributed by atoms with Crippen LogP contribution in [0.25, 0.3) is 0 Å². The van der Waals surface area contributed by atoms with Crippen molar-refractivity contribution in [3.05, 3.63) is 0 Å². The summed E-state index contributed by atoms with van der Waals surface area (Å²) in [5.41, 5.74) is 0. The van der Waals surface area contributed by atoms with Crippen LogP contribution >= 0.6 is 24.7 Å². The molecule has 0 aliphatic heterocycles. The fourth-order valence-corrected chi connectivity index (χ4v) is 0. The second-order valence-electron chi connectivity index (χ2n) is 0.191. The smallest absolute Gasteiger partial charge is 0.144 e. The summed E-state index contributed by atoms with van der Waals surface area (Å²) in [5, 5.41) is 0. The van der Waals surface area contributed by atoms with E-state index in [1.165, 1.54) is 0 Å². The van der Waals surface area contributed by atoms with Crippen molar-refractivity contribution in [1.82, 2.24) is 0 Å². The van der Waals surface area contributed by atoms with Gasteiger partial charge in [-0.15, -0.1) is 0 Å². The van der Waals surface area contributed by atoms with Gasteiger partial charge in [0.25, 0.3) is 0 Å². The lowest BCUT2D eigenvalue weighted by Gasteiger charge is -1.42. The maximum absolute atomic E-state index is 10.7. The second-order valence-corrected chi connectivity index (χ2v) is 3.80. The highest BCUT2D eigenvalue weighted by molar-refractivity contribution is 8.17. The van der Waals surface area contributed by atoms with Gasteiger partial charge in [0.05, 0.1) is 0 Å². The summed E-state index contributed by atoms with van der Waals surface area (Å²) in [5.74, 6) is 0. The van der Waals surface area contributed by atoms with Crippen LogP contribution in [0.4, 0.5) is 4.20 Å². The summed E-state index contributed by atoms with van der Waals surface area (Å²) in [6, 6.07) is 0. The summed E-state index contributed by atoms with van der Waals surface area (Å²) < 4.78 is 10.7. The van der Waals surface area contributed by atoms with Crippen molar-refractivity contribution in [2.45, 2.75) is 0 Å². The molecule has 0 N–H and O–H groups in total. The summed E-state index contributed by atoms with van der Waals surface area (Å²) in [6.45, 7) is 0. The maximum Gasteiger partial charge on any atom is 0.144 e. The SMILES string of the molecule is FP=PP. The van der Waals surface area contributed by atoms with Crippen LogP contribution in [0.5, 0.6) is 0 Å². The second kappa shape index (κ2) is 3.96. The monoisotopic (exact) mass is 114 g/mol. The van der Waals surface area contributed by atoms with E-state index in [0.29, 0.717) is 0 Å². The third-order valence-corrected chi connectivity index (χ3v) is 1.18. The zero-order valence-corrected chi connectivity index (χ0v) is 4.79. The van der Waals surface area contributed by atoms with E-state index >= 15 is 0 Å². The molecule has 0 aromatic carbocycles. The Morgan fingerprint density at radius 1 is 1.75 bits per heavy atom. The van der Waals surface area contributed by atoms with Crippen molar-refractivity contribution < 1.29 is 4.20 Å². The van der Waals surface area contributed by atoms with Crippen LogP contribution in [-0.4, -0.2) is 0 Å². The molecule has 0 spiro atoms. The summed E-state index contributed by atoms with van der Waals surface area (Å²) in [4.78, 5) is 0. The van der Waals surface area contributed by atoms with Gasteiger partial charge in [-0.05, 0) is 7.56 Å². The third kappa shape index (κ3) is 2.96. The molecule has 0 radical (unpaired) electrons. The molecule has 0 heterocycles. The number of rotatable bonds is 0. The number of halogens is 1. The molecule has 4 heavy (non-hydrogen) atoms. The van der Waals surface area contributed by atoms with E-state index in [4.69, 9.17) is 0 Å². The van der Waals surface area contributed by atoms with Gasteiger partial charge in [-0.2, -0.15) is 4.20 Å². The van der Waals surface area contributed by atoms with Gasteiger partial charge >= 0.3 is 0 Å². The average Bonchev–Trinajstić information content (AvgIpc) is 1.37. The molecule has 0 bridgehead atoms. The minimum atomic E-state index is -0.0664. The Labute approximate surface area is 29.8 Å². The Morgan fingerprint density at radius 3 is 2.00 bits per heavy atom. The van der Waals surface area contributed by atoms with Crippen molar-refractivity contribution in [3.63, 3.8) is 0 Å². The van der Waals surface area contributed by atoms with E-state index < -0.39 is 0 Å². The molecule has 0 nitrogen and oxygen atoms in total. The molecule has 0 aromatic rings. The van der Waals surface area contributed by atoms with Gasteiger partial charge in [-0.25, -0.2) is 0 Å². The van der Waals surface area contributed by atoms with Gasteiger partial charge < -0.3 is 0 Å². The molecule has 1 unspecified atom stereocenters. The first-order valence-corrected chi connectivity index (χ1v) is 4.63. The van der Waals surface area contributed by atoms with Crippen LogP contribution in [-0.2, 0) is 0 Å². The van der Waals surface area contributed by atoms with Crippen molar-refractivity contribution >= 4 is 24.7 Å². The maximum atomic E-state index is 10.7. The van der Waals surface area contributed by atoms with Gasteiger partial charge in [0.15, 0.2) is 0 Å². The normalized spacial score (nSPS) is 9.50. The highest BCUT2D eigenvalue weighted by atomic mass is 32.2. The van der Waals surface area contributed by atoms with E-state index in [2.05, 4.69) is 8.93 Å². The summed E-state index contributed by atoms with van der Waals surface area (Å²) in [7, 11) is 2.89. The summed E-state index contributed by atoms with van der Waals surface area (Å²) >= 11 is 0. The summed E-state index contributed by atoms with van der Waals surface area (Å²) in [6.07, 6.45) is 0. The molecule has 0 fully saturated rings. The number of hydrogen-bond acceptors (Lipinski definition) is 0.